The fourth-order valence-electron chi connectivity index (χ4n) is 4.65. The second-order valence-electron chi connectivity index (χ2n) is 8.33. The van der Waals surface area contributed by atoms with Gasteiger partial charge in [0, 0.05) is 0 Å². The van der Waals surface area contributed by atoms with E-state index in [1.807, 2.05) is 0 Å². The van der Waals surface area contributed by atoms with Gasteiger partial charge in [-0.3, -0.25) is 0 Å². The Hall–Kier alpha value is -3.58. The summed E-state index contributed by atoms with van der Waals surface area (Å²) in [6, 6.07) is 40.2. The summed E-state index contributed by atoms with van der Waals surface area (Å²) in [4.78, 5) is 0. The van der Waals surface area contributed by atoms with Gasteiger partial charge in [0.1, 0.15) is 0 Å². The number of rotatable bonds is 2. The molecular formula is C29H21B. The quantitative estimate of drug-likeness (QED) is 0.236. The molecule has 0 aliphatic carbocycles. The lowest BCUT2D eigenvalue weighted by molar-refractivity contribution is 1.77. The van der Waals surface area contributed by atoms with Crippen LogP contribution < -0.4 is 10.9 Å². The summed E-state index contributed by atoms with van der Waals surface area (Å²) < 4.78 is 0. The van der Waals surface area contributed by atoms with Gasteiger partial charge in [-0.15, -0.1) is 0 Å². The van der Waals surface area contributed by atoms with E-state index in [0.717, 1.165) is 0 Å². The van der Waals surface area contributed by atoms with E-state index >= 15 is 0 Å². The summed E-state index contributed by atoms with van der Waals surface area (Å²) in [5.74, 6) is 0. The second kappa shape index (κ2) is 6.74. The SMILES string of the molecule is CB(c1ccc2cc3ccccc3cc2c1)c1ccc2cc3ccccc3cc2c1. The Morgan fingerprint density at radius 1 is 0.367 bits per heavy atom. The minimum atomic E-state index is 0.344. The molecule has 6 rings (SSSR count). The molecule has 0 amide bonds. The molecule has 6 aromatic rings. The zero-order valence-electron chi connectivity index (χ0n) is 17.0. The fraction of sp³-hybridized carbons (Fsp3) is 0.0345. The lowest BCUT2D eigenvalue weighted by Crippen LogP contribution is -2.39. The molecule has 6 aromatic carbocycles. The van der Waals surface area contributed by atoms with Crippen molar-refractivity contribution < 1.29 is 0 Å². The minimum Gasteiger partial charge on any atom is -0.0774 e. The Morgan fingerprint density at radius 2 is 0.700 bits per heavy atom. The first kappa shape index (κ1) is 17.3. The van der Waals surface area contributed by atoms with Crippen LogP contribution in [-0.2, 0) is 0 Å². The van der Waals surface area contributed by atoms with Crippen molar-refractivity contribution >= 4 is 60.7 Å². The summed E-state index contributed by atoms with van der Waals surface area (Å²) >= 11 is 0. The van der Waals surface area contributed by atoms with Crippen molar-refractivity contribution in [1.29, 1.82) is 0 Å². The van der Waals surface area contributed by atoms with Gasteiger partial charge in [-0.05, 0) is 67.4 Å². The molecular weight excluding hydrogens is 359 g/mol. The molecule has 140 valence electrons. The Bertz CT molecular complexity index is 1440. The smallest absolute Gasteiger partial charge is 0.0774 e. The fourth-order valence-corrected chi connectivity index (χ4v) is 4.65. The first-order valence-corrected chi connectivity index (χ1v) is 10.6. The Balaban J connectivity index is 1.44. The second-order valence-corrected chi connectivity index (χ2v) is 8.33. The van der Waals surface area contributed by atoms with E-state index in [1.165, 1.54) is 54.0 Å². The highest BCUT2D eigenvalue weighted by atomic mass is 14.0. The van der Waals surface area contributed by atoms with E-state index in [-0.39, 0.29) is 0 Å². The Labute approximate surface area is 176 Å². The van der Waals surface area contributed by atoms with Crippen molar-refractivity contribution in [3.8, 4) is 0 Å². The summed E-state index contributed by atoms with van der Waals surface area (Å²) in [6.45, 7) is 2.65. The zero-order valence-corrected chi connectivity index (χ0v) is 17.0. The molecule has 0 unspecified atom stereocenters. The van der Waals surface area contributed by atoms with Crippen LogP contribution in [0.4, 0.5) is 0 Å². The molecule has 1 heteroatoms. The van der Waals surface area contributed by atoms with Crippen LogP contribution >= 0.6 is 0 Å². The molecule has 0 aliphatic rings. The van der Waals surface area contributed by atoms with E-state index < -0.39 is 0 Å². The van der Waals surface area contributed by atoms with Gasteiger partial charge >= 0.3 is 0 Å². The molecule has 0 spiro atoms. The van der Waals surface area contributed by atoms with Crippen molar-refractivity contribution in [2.24, 2.45) is 0 Å². The molecule has 0 N–H and O–H groups in total. The average Bonchev–Trinajstić information content (AvgIpc) is 2.80. The highest BCUT2D eigenvalue weighted by molar-refractivity contribution is 6.84. The van der Waals surface area contributed by atoms with E-state index in [4.69, 9.17) is 0 Å². The molecule has 0 radical (unpaired) electrons. The van der Waals surface area contributed by atoms with Crippen LogP contribution in [0.15, 0.2) is 109 Å². The van der Waals surface area contributed by atoms with E-state index in [2.05, 4.69) is 116 Å². The molecule has 0 saturated heterocycles. The van der Waals surface area contributed by atoms with Crippen LogP contribution in [-0.4, -0.2) is 6.71 Å². The normalized spacial score (nSPS) is 11.5. The third-order valence-electron chi connectivity index (χ3n) is 6.46. The predicted octanol–water partition coefficient (Wildman–Crippen LogP) is 6.54. The monoisotopic (exact) mass is 380 g/mol. The number of fused-ring (bicyclic) bond motifs is 4. The molecule has 0 aromatic heterocycles. The first-order chi connectivity index (χ1) is 14.7. The van der Waals surface area contributed by atoms with Crippen molar-refractivity contribution in [2.45, 2.75) is 6.82 Å². The van der Waals surface area contributed by atoms with Crippen LogP contribution in [0.3, 0.4) is 0 Å². The molecule has 0 fully saturated rings. The third kappa shape index (κ3) is 2.86. The van der Waals surface area contributed by atoms with Crippen LogP contribution in [0.25, 0.3) is 43.1 Å². The van der Waals surface area contributed by atoms with Crippen molar-refractivity contribution in [1.82, 2.24) is 0 Å². The summed E-state index contributed by atoms with van der Waals surface area (Å²) in [7, 11) is 0. The van der Waals surface area contributed by atoms with Crippen molar-refractivity contribution in [2.75, 3.05) is 0 Å². The van der Waals surface area contributed by atoms with Gasteiger partial charge in [-0.1, -0.05) is 103 Å². The maximum absolute atomic E-state index is 2.36. The average molecular weight is 380 g/mol. The summed E-state index contributed by atoms with van der Waals surface area (Å²) in [5, 5.41) is 10.4. The molecule has 0 atom stereocenters. The molecule has 30 heavy (non-hydrogen) atoms. The van der Waals surface area contributed by atoms with E-state index in [1.54, 1.807) is 0 Å². The third-order valence-corrected chi connectivity index (χ3v) is 6.46. The predicted molar refractivity (Wildman–Crippen MR) is 134 cm³/mol. The first-order valence-electron chi connectivity index (χ1n) is 10.6. The molecule has 0 bridgehead atoms. The number of hydrogen-bond donors (Lipinski definition) is 0. The minimum absolute atomic E-state index is 0.344. The van der Waals surface area contributed by atoms with E-state index in [0.29, 0.717) is 6.71 Å². The van der Waals surface area contributed by atoms with E-state index in [9.17, 15) is 0 Å². The van der Waals surface area contributed by atoms with Gasteiger partial charge in [0.2, 0.25) is 6.71 Å². The summed E-state index contributed by atoms with van der Waals surface area (Å²) in [5.41, 5.74) is 2.72. The maximum Gasteiger partial charge on any atom is 0.206 e. The van der Waals surface area contributed by atoms with Gasteiger partial charge in [-0.25, -0.2) is 0 Å². The summed E-state index contributed by atoms with van der Waals surface area (Å²) in [6.07, 6.45) is 0. The van der Waals surface area contributed by atoms with Crippen LogP contribution in [0.5, 0.6) is 0 Å². The van der Waals surface area contributed by atoms with Crippen molar-refractivity contribution in [3.63, 3.8) is 0 Å². The van der Waals surface area contributed by atoms with Crippen LogP contribution in [0.2, 0.25) is 6.82 Å². The van der Waals surface area contributed by atoms with Gasteiger partial charge in [0.15, 0.2) is 0 Å². The molecule has 0 aliphatic heterocycles. The lowest BCUT2D eigenvalue weighted by Gasteiger charge is -2.13. The molecule has 0 heterocycles. The largest absolute Gasteiger partial charge is 0.206 e. The van der Waals surface area contributed by atoms with Gasteiger partial charge in [-0.2, -0.15) is 0 Å². The Morgan fingerprint density at radius 3 is 1.10 bits per heavy atom. The Kier molecular flexibility index (Phi) is 3.89. The van der Waals surface area contributed by atoms with Gasteiger partial charge in [0.25, 0.3) is 0 Å². The number of benzene rings is 6. The molecule has 0 nitrogen and oxygen atoms in total. The maximum atomic E-state index is 2.36. The lowest BCUT2D eigenvalue weighted by atomic mass is 9.42. The van der Waals surface area contributed by atoms with Gasteiger partial charge in [0.05, 0.1) is 0 Å². The topological polar surface area (TPSA) is 0 Å². The van der Waals surface area contributed by atoms with Gasteiger partial charge < -0.3 is 0 Å². The van der Waals surface area contributed by atoms with Crippen LogP contribution in [0, 0.1) is 0 Å². The standard InChI is InChI=1S/C29H21B/c1-30(28-12-10-24-14-20-6-2-4-8-22(20)16-26(24)18-28)29-13-11-25-15-21-7-3-5-9-23(21)17-27(25)19-29/h2-19H,1H3. The van der Waals surface area contributed by atoms with Crippen molar-refractivity contribution in [3.05, 3.63) is 109 Å². The molecule has 0 saturated carbocycles. The highest BCUT2D eigenvalue weighted by Crippen LogP contribution is 2.23. The van der Waals surface area contributed by atoms with Crippen LogP contribution in [0.1, 0.15) is 0 Å². The zero-order chi connectivity index (χ0) is 20.1. The number of hydrogen-bond acceptors (Lipinski definition) is 0. The highest BCUT2D eigenvalue weighted by Gasteiger charge is 2.14.